The van der Waals surface area contributed by atoms with Crippen molar-refractivity contribution in [2.75, 3.05) is 18.5 Å². The van der Waals surface area contributed by atoms with Gasteiger partial charge in [-0.15, -0.1) is 12.4 Å². The van der Waals surface area contributed by atoms with Crippen molar-refractivity contribution >= 4 is 29.9 Å². The average Bonchev–Trinajstić information content (AvgIpc) is 2.64. The van der Waals surface area contributed by atoms with E-state index in [9.17, 15) is 9.59 Å². The lowest BCUT2D eigenvalue weighted by Crippen LogP contribution is -2.52. The Labute approximate surface area is 160 Å². The zero-order chi connectivity index (χ0) is 17.7. The van der Waals surface area contributed by atoms with E-state index in [1.54, 1.807) is 24.3 Å². The van der Waals surface area contributed by atoms with E-state index in [4.69, 9.17) is 10.5 Å². The van der Waals surface area contributed by atoms with Crippen molar-refractivity contribution in [2.45, 2.75) is 56.5 Å². The maximum Gasteiger partial charge on any atom is 0.251 e. The summed E-state index contributed by atoms with van der Waals surface area (Å²) in [5, 5.41) is 5.91. The smallest absolute Gasteiger partial charge is 0.251 e. The molecular formula is C19H28ClN3O3. The lowest BCUT2D eigenvalue weighted by atomic mass is 9.82. The van der Waals surface area contributed by atoms with Crippen LogP contribution in [0.3, 0.4) is 0 Å². The van der Waals surface area contributed by atoms with Crippen LogP contribution >= 0.6 is 12.4 Å². The van der Waals surface area contributed by atoms with E-state index >= 15 is 0 Å². The minimum Gasteiger partial charge on any atom is -0.381 e. The Morgan fingerprint density at radius 1 is 1.04 bits per heavy atom. The highest BCUT2D eigenvalue weighted by atomic mass is 35.5. The molecule has 6 nitrogen and oxygen atoms in total. The number of hydrogen-bond donors (Lipinski definition) is 3. The Balaban J connectivity index is 0.00000243. The van der Waals surface area contributed by atoms with Gasteiger partial charge in [-0.05, 0) is 49.9 Å². The Morgan fingerprint density at radius 3 is 2.27 bits per heavy atom. The largest absolute Gasteiger partial charge is 0.381 e. The molecule has 1 saturated heterocycles. The molecule has 3 rings (SSSR count). The van der Waals surface area contributed by atoms with Gasteiger partial charge in [-0.3, -0.25) is 9.59 Å². The van der Waals surface area contributed by atoms with Gasteiger partial charge in [0, 0.05) is 30.5 Å². The Hall–Kier alpha value is -1.63. The molecule has 1 aliphatic heterocycles. The van der Waals surface area contributed by atoms with E-state index in [2.05, 4.69) is 10.6 Å². The van der Waals surface area contributed by atoms with Gasteiger partial charge in [0.2, 0.25) is 5.91 Å². The fourth-order valence-corrected chi connectivity index (χ4v) is 3.48. The molecule has 0 spiro atoms. The molecule has 26 heavy (non-hydrogen) atoms. The van der Waals surface area contributed by atoms with E-state index in [1.165, 1.54) is 0 Å². The molecule has 0 atom stereocenters. The van der Waals surface area contributed by atoms with Crippen LogP contribution in [0.25, 0.3) is 0 Å². The summed E-state index contributed by atoms with van der Waals surface area (Å²) in [6.07, 6.45) is 6.28. The molecule has 0 unspecified atom stereocenters. The second-order valence-electron chi connectivity index (χ2n) is 7.11. The third-order valence-corrected chi connectivity index (χ3v) is 5.16. The lowest BCUT2D eigenvalue weighted by Gasteiger charge is -2.31. The van der Waals surface area contributed by atoms with Gasteiger partial charge in [-0.2, -0.15) is 0 Å². The van der Waals surface area contributed by atoms with Crippen LogP contribution in [-0.4, -0.2) is 36.6 Å². The van der Waals surface area contributed by atoms with Crippen LogP contribution in [0.2, 0.25) is 0 Å². The molecule has 1 saturated carbocycles. The van der Waals surface area contributed by atoms with E-state index in [0.717, 1.165) is 44.9 Å². The molecule has 0 aromatic heterocycles. The Kier molecular flexibility index (Phi) is 7.43. The third-order valence-electron chi connectivity index (χ3n) is 5.16. The van der Waals surface area contributed by atoms with Gasteiger partial charge in [0.25, 0.3) is 5.91 Å². The summed E-state index contributed by atoms with van der Waals surface area (Å²) in [6.45, 7) is 1.38. The summed E-state index contributed by atoms with van der Waals surface area (Å²) in [4.78, 5) is 24.7. The lowest BCUT2D eigenvalue weighted by molar-refractivity contribution is -0.122. The van der Waals surface area contributed by atoms with Crippen molar-refractivity contribution in [1.82, 2.24) is 5.32 Å². The van der Waals surface area contributed by atoms with Crippen LogP contribution < -0.4 is 16.4 Å². The second-order valence-corrected chi connectivity index (χ2v) is 7.11. The monoisotopic (exact) mass is 381 g/mol. The number of nitrogens with one attached hydrogen (secondary N) is 2. The van der Waals surface area contributed by atoms with Crippen LogP contribution in [0.15, 0.2) is 24.3 Å². The van der Waals surface area contributed by atoms with Crippen LogP contribution in [0.5, 0.6) is 0 Å². The zero-order valence-corrected chi connectivity index (χ0v) is 15.8. The number of nitrogens with two attached hydrogens (primary N) is 1. The highest BCUT2D eigenvalue weighted by Crippen LogP contribution is 2.27. The molecule has 1 aliphatic carbocycles. The van der Waals surface area contributed by atoms with Gasteiger partial charge in [0.05, 0.1) is 5.54 Å². The number of carbonyl (C=O) groups excluding carboxylic acids is 2. The maximum atomic E-state index is 12.4. The second kappa shape index (κ2) is 9.35. The molecular weight excluding hydrogens is 354 g/mol. The molecule has 1 aromatic carbocycles. The maximum absolute atomic E-state index is 12.4. The highest BCUT2D eigenvalue weighted by molar-refractivity contribution is 5.99. The first-order chi connectivity index (χ1) is 12.1. The van der Waals surface area contributed by atoms with Gasteiger partial charge in [-0.1, -0.05) is 19.3 Å². The highest BCUT2D eigenvalue weighted by Gasteiger charge is 2.35. The molecule has 0 radical (unpaired) electrons. The number of amides is 2. The number of ether oxygens (including phenoxy) is 1. The van der Waals surface area contributed by atoms with Gasteiger partial charge < -0.3 is 21.1 Å². The molecule has 144 valence electrons. The molecule has 2 fully saturated rings. The van der Waals surface area contributed by atoms with Crippen LogP contribution in [0.1, 0.15) is 55.3 Å². The number of benzene rings is 1. The summed E-state index contributed by atoms with van der Waals surface area (Å²) in [5.74, 6) is -0.223. The molecule has 2 amide bonds. The topological polar surface area (TPSA) is 93.5 Å². The predicted octanol–water partition coefficient (Wildman–Crippen LogP) is 2.62. The number of carbonyl (C=O) groups is 2. The zero-order valence-electron chi connectivity index (χ0n) is 15.0. The number of anilines is 1. The Bertz CT molecular complexity index is 609. The Morgan fingerprint density at radius 2 is 1.65 bits per heavy atom. The van der Waals surface area contributed by atoms with Gasteiger partial charge >= 0.3 is 0 Å². The van der Waals surface area contributed by atoms with Crippen molar-refractivity contribution in [2.24, 2.45) is 5.73 Å². The van der Waals surface area contributed by atoms with Crippen molar-refractivity contribution in [3.63, 3.8) is 0 Å². The van der Waals surface area contributed by atoms with E-state index in [-0.39, 0.29) is 30.3 Å². The van der Waals surface area contributed by atoms with Crippen LogP contribution in [-0.2, 0) is 9.53 Å². The number of rotatable bonds is 4. The fraction of sp³-hybridized carbons (Fsp3) is 0.579. The first-order valence-electron chi connectivity index (χ1n) is 9.16. The van der Waals surface area contributed by atoms with Crippen LogP contribution in [0, 0.1) is 0 Å². The minimum atomic E-state index is -0.767. The summed E-state index contributed by atoms with van der Waals surface area (Å²) in [7, 11) is 0. The summed E-state index contributed by atoms with van der Waals surface area (Å²) >= 11 is 0. The van der Waals surface area contributed by atoms with E-state index in [1.807, 2.05) is 0 Å². The van der Waals surface area contributed by atoms with E-state index in [0.29, 0.717) is 24.5 Å². The third kappa shape index (κ3) is 5.19. The van der Waals surface area contributed by atoms with Gasteiger partial charge in [0.1, 0.15) is 0 Å². The normalized spacial score (nSPS) is 19.9. The fourth-order valence-electron chi connectivity index (χ4n) is 3.48. The average molecular weight is 382 g/mol. The summed E-state index contributed by atoms with van der Waals surface area (Å²) in [6, 6.07) is 7.14. The SMILES string of the molecule is Cl.NC1(C(=O)Nc2ccc(C(=O)NC3CCOCC3)cc2)CCCCC1. The molecule has 7 heteroatoms. The first kappa shape index (κ1) is 20.7. The molecule has 2 aliphatic rings. The molecule has 0 bridgehead atoms. The standard InChI is InChI=1S/C19H27N3O3.ClH/c20-19(10-2-1-3-11-19)18(24)22-15-6-4-14(5-7-15)17(23)21-16-8-12-25-13-9-16;/h4-7,16H,1-3,8-13,20H2,(H,21,23)(H,22,24);1H. The summed E-state index contributed by atoms with van der Waals surface area (Å²) < 4.78 is 5.30. The molecule has 1 heterocycles. The first-order valence-corrected chi connectivity index (χ1v) is 9.16. The van der Waals surface area contributed by atoms with Gasteiger partial charge in [0.15, 0.2) is 0 Å². The quantitative estimate of drug-likeness (QED) is 0.747. The van der Waals surface area contributed by atoms with Crippen molar-refractivity contribution in [3.05, 3.63) is 29.8 Å². The summed E-state index contributed by atoms with van der Waals surface area (Å²) in [5.41, 5.74) is 6.74. The number of hydrogen-bond acceptors (Lipinski definition) is 4. The van der Waals surface area contributed by atoms with Crippen LogP contribution in [0.4, 0.5) is 5.69 Å². The number of halogens is 1. The van der Waals surface area contributed by atoms with Crippen molar-refractivity contribution in [3.8, 4) is 0 Å². The predicted molar refractivity (Wildman–Crippen MR) is 104 cm³/mol. The van der Waals surface area contributed by atoms with Crippen molar-refractivity contribution < 1.29 is 14.3 Å². The van der Waals surface area contributed by atoms with Crippen molar-refractivity contribution in [1.29, 1.82) is 0 Å². The molecule has 4 N–H and O–H groups in total. The molecule has 1 aromatic rings. The minimum absolute atomic E-state index is 0. The van der Waals surface area contributed by atoms with Gasteiger partial charge in [-0.25, -0.2) is 0 Å². The van der Waals surface area contributed by atoms with E-state index < -0.39 is 5.54 Å².